The molecule has 0 saturated carbocycles. The monoisotopic (exact) mass is 372 g/mol. The predicted octanol–water partition coefficient (Wildman–Crippen LogP) is 2.93. The molecule has 27 heavy (non-hydrogen) atoms. The van der Waals surface area contributed by atoms with Crippen LogP contribution in [0.5, 0.6) is 5.75 Å². The van der Waals surface area contributed by atoms with Crippen molar-refractivity contribution in [2.24, 2.45) is 0 Å². The summed E-state index contributed by atoms with van der Waals surface area (Å²) in [5.41, 5.74) is 1.42. The molecule has 0 radical (unpaired) electrons. The lowest BCUT2D eigenvalue weighted by Gasteiger charge is -2.38. The van der Waals surface area contributed by atoms with E-state index in [1.807, 2.05) is 30.3 Å². The number of aliphatic hydroxyl groups is 1. The van der Waals surface area contributed by atoms with Crippen LogP contribution in [0, 0.1) is 0 Å². The van der Waals surface area contributed by atoms with Gasteiger partial charge in [-0.3, -0.25) is 0 Å². The third-order valence-electron chi connectivity index (χ3n) is 4.51. The summed E-state index contributed by atoms with van der Waals surface area (Å²) in [5, 5.41) is 9.93. The molecule has 1 saturated heterocycles. The molecule has 6 heteroatoms. The zero-order valence-corrected chi connectivity index (χ0v) is 15.4. The molecule has 0 aliphatic carbocycles. The lowest BCUT2D eigenvalue weighted by atomic mass is 10.0. The van der Waals surface area contributed by atoms with E-state index >= 15 is 0 Å². The van der Waals surface area contributed by atoms with E-state index in [1.54, 1.807) is 38.3 Å². The third-order valence-corrected chi connectivity index (χ3v) is 4.51. The van der Waals surface area contributed by atoms with E-state index in [-0.39, 0.29) is 6.42 Å². The Labute approximate surface area is 158 Å². The Kier molecular flexibility index (Phi) is 6.45. The van der Waals surface area contributed by atoms with Gasteiger partial charge in [-0.15, -0.1) is 0 Å². The summed E-state index contributed by atoms with van der Waals surface area (Å²) in [6.45, 7) is 2.09. The fourth-order valence-electron chi connectivity index (χ4n) is 3.04. The van der Waals surface area contributed by atoms with Gasteiger partial charge in [0.2, 0.25) is 0 Å². The number of esters is 1. The Morgan fingerprint density at radius 3 is 2.52 bits per heavy atom. The van der Waals surface area contributed by atoms with E-state index in [0.717, 1.165) is 11.3 Å². The minimum Gasteiger partial charge on any atom is -0.497 e. The lowest BCUT2D eigenvalue weighted by molar-refractivity contribution is -0.237. The van der Waals surface area contributed by atoms with Crippen molar-refractivity contribution in [1.29, 1.82) is 0 Å². The maximum Gasteiger partial charge on any atom is 0.338 e. The fourth-order valence-corrected chi connectivity index (χ4v) is 3.04. The van der Waals surface area contributed by atoms with Crippen molar-refractivity contribution in [3.8, 4) is 5.75 Å². The van der Waals surface area contributed by atoms with Crippen molar-refractivity contribution >= 4 is 5.97 Å². The molecule has 0 bridgehead atoms. The van der Waals surface area contributed by atoms with Crippen molar-refractivity contribution in [2.45, 2.75) is 44.6 Å². The molecule has 1 fully saturated rings. The van der Waals surface area contributed by atoms with Crippen LogP contribution in [0.3, 0.4) is 0 Å². The minimum atomic E-state index is -0.951. The van der Waals surface area contributed by atoms with Gasteiger partial charge in [0.25, 0.3) is 0 Å². The van der Waals surface area contributed by atoms with Gasteiger partial charge in [-0.1, -0.05) is 30.3 Å². The van der Waals surface area contributed by atoms with Crippen LogP contribution in [-0.4, -0.2) is 42.8 Å². The van der Waals surface area contributed by atoms with Crippen LogP contribution in [0.1, 0.15) is 29.3 Å². The van der Waals surface area contributed by atoms with Crippen LogP contribution in [-0.2, 0) is 20.8 Å². The van der Waals surface area contributed by atoms with Crippen molar-refractivity contribution in [3.63, 3.8) is 0 Å². The molecule has 144 valence electrons. The first-order valence-corrected chi connectivity index (χ1v) is 8.91. The number of carbonyl (C=O) groups excluding carboxylic acids is 1. The molecule has 0 aromatic heterocycles. The average molecular weight is 372 g/mol. The molecule has 0 amide bonds. The maximum atomic E-state index is 12.4. The minimum absolute atomic E-state index is 0.229. The largest absolute Gasteiger partial charge is 0.497 e. The van der Waals surface area contributed by atoms with Gasteiger partial charge in [0.05, 0.1) is 25.4 Å². The van der Waals surface area contributed by atoms with E-state index < -0.39 is 30.6 Å². The molecule has 1 N–H and O–H groups in total. The van der Waals surface area contributed by atoms with Crippen LogP contribution < -0.4 is 4.74 Å². The molecule has 4 atom stereocenters. The molecule has 3 rings (SSSR count). The maximum absolute atomic E-state index is 12.4. The lowest BCUT2D eigenvalue weighted by Crippen LogP contribution is -2.50. The highest BCUT2D eigenvalue weighted by atomic mass is 16.6. The smallest absolute Gasteiger partial charge is 0.338 e. The highest BCUT2D eigenvalue weighted by molar-refractivity contribution is 5.89. The van der Waals surface area contributed by atoms with Crippen LogP contribution >= 0.6 is 0 Å². The number of rotatable bonds is 6. The highest BCUT2D eigenvalue weighted by Gasteiger charge is 2.39. The number of ether oxygens (including phenoxy) is 4. The summed E-state index contributed by atoms with van der Waals surface area (Å²) < 4.78 is 22.2. The van der Waals surface area contributed by atoms with Crippen LogP contribution in [0.15, 0.2) is 54.6 Å². The molecule has 2 aromatic carbocycles. The number of hydrogen-bond donors (Lipinski definition) is 1. The second kappa shape index (κ2) is 8.99. The molecule has 1 heterocycles. The molecular weight excluding hydrogens is 348 g/mol. The average Bonchev–Trinajstić information content (AvgIpc) is 2.69. The Hall–Kier alpha value is -2.41. The molecule has 1 aliphatic heterocycles. The quantitative estimate of drug-likeness (QED) is 0.786. The Morgan fingerprint density at radius 1 is 1.15 bits per heavy atom. The Morgan fingerprint density at radius 2 is 1.85 bits per heavy atom. The van der Waals surface area contributed by atoms with E-state index in [1.165, 1.54) is 0 Å². The molecule has 6 nitrogen and oxygen atoms in total. The third kappa shape index (κ3) is 5.07. The second-order valence-electron chi connectivity index (χ2n) is 6.47. The Balaban J connectivity index is 1.66. The summed E-state index contributed by atoms with van der Waals surface area (Å²) in [4.78, 5) is 12.4. The zero-order valence-electron chi connectivity index (χ0n) is 15.4. The molecule has 4 unspecified atom stereocenters. The highest BCUT2D eigenvalue weighted by Crippen LogP contribution is 2.26. The molecule has 0 spiro atoms. The van der Waals surface area contributed by atoms with E-state index in [0.29, 0.717) is 12.2 Å². The predicted molar refractivity (Wildman–Crippen MR) is 98.4 cm³/mol. The summed E-state index contributed by atoms with van der Waals surface area (Å²) >= 11 is 0. The first-order valence-electron chi connectivity index (χ1n) is 8.91. The van der Waals surface area contributed by atoms with Gasteiger partial charge in [-0.25, -0.2) is 4.79 Å². The van der Waals surface area contributed by atoms with Gasteiger partial charge in [0.15, 0.2) is 12.4 Å². The van der Waals surface area contributed by atoms with Crippen molar-refractivity contribution < 1.29 is 28.8 Å². The fraction of sp³-hybridized carbons (Fsp3) is 0.381. The van der Waals surface area contributed by atoms with Crippen molar-refractivity contribution in [1.82, 2.24) is 0 Å². The number of methoxy groups -OCH3 is 1. The van der Waals surface area contributed by atoms with Gasteiger partial charge in [0.1, 0.15) is 11.9 Å². The first kappa shape index (κ1) is 19.4. The van der Waals surface area contributed by atoms with Crippen LogP contribution in [0.25, 0.3) is 0 Å². The standard InChI is InChI=1S/C21H24O6/c1-14-20(27-21(23)16-6-4-3-5-7-16)18(12-19(22)26-14)25-13-15-8-10-17(24-2)11-9-15/h3-11,14,18-20,22H,12-13H2,1-2H3. The summed E-state index contributed by atoms with van der Waals surface area (Å²) in [7, 11) is 1.61. The molecular formula is C21H24O6. The van der Waals surface area contributed by atoms with Crippen LogP contribution in [0.2, 0.25) is 0 Å². The Bertz CT molecular complexity index is 730. The normalized spacial score (nSPS) is 25.0. The van der Waals surface area contributed by atoms with E-state index in [2.05, 4.69) is 0 Å². The number of aliphatic hydroxyl groups excluding tert-OH is 1. The number of benzene rings is 2. The number of carbonyl (C=O) groups is 1. The SMILES string of the molecule is COc1ccc(COC2CC(O)OC(C)C2OC(=O)c2ccccc2)cc1. The second-order valence-corrected chi connectivity index (χ2v) is 6.47. The van der Waals surface area contributed by atoms with Gasteiger partial charge in [-0.05, 0) is 36.8 Å². The zero-order chi connectivity index (χ0) is 19.2. The van der Waals surface area contributed by atoms with Gasteiger partial charge >= 0.3 is 5.97 Å². The van der Waals surface area contributed by atoms with Crippen LogP contribution in [0.4, 0.5) is 0 Å². The summed E-state index contributed by atoms with van der Waals surface area (Å²) in [6, 6.07) is 16.3. The molecule has 2 aromatic rings. The van der Waals surface area contributed by atoms with Crippen molar-refractivity contribution in [3.05, 3.63) is 65.7 Å². The van der Waals surface area contributed by atoms with Crippen molar-refractivity contribution in [2.75, 3.05) is 7.11 Å². The topological polar surface area (TPSA) is 74.2 Å². The first-order chi connectivity index (χ1) is 13.1. The number of hydrogen-bond acceptors (Lipinski definition) is 6. The van der Waals surface area contributed by atoms with Gasteiger partial charge in [-0.2, -0.15) is 0 Å². The molecule has 1 aliphatic rings. The summed E-state index contributed by atoms with van der Waals surface area (Å²) in [5.74, 6) is 0.328. The summed E-state index contributed by atoms with van der Waals surface area (Å²) in [6.07, 6.45) is -2.29. The van der Waals surface area contributed by atoms with E-state index in [9.17, 15) is 9.90 Å². The van der Waals surface area contributed by atoms with E-state index in [4.69, 9.17) is 18.9 Å². The van der Waals surface area contributed by atoms with Gasteiger partial charge in [0, 0.05) is 6.42 Å². The van der Waals surface area contributed by atoms with Gasteiger partial charge < -0.3 is 24.1 Å².